The van der Waals surface area contributed by atoms with Crippen LogP contribution in [0.2, 0.25) is 0 Å². The van der Waals surface area contributed by atoms with Crippen LogP contribution in [0.3, 0.4) is 0 Å². The van der Waals surface area contributed by atoms with Crippen LogP contribution in [0.5, 0.6) is 5.06 Å². The highest BCUT2D eigenvalue weighted by atomic mass is 32.1. The van der Waals surface area contributed by atoms with E-state index in [-0.39, 0.29) is 11.7 Å². The van der Waals surface area contributed by atoms with Crippen LogP contribution in [0.15, 0.2) is 54.6 Å². The van der Waals surface area contributed by atoms with Crippen molar-refractivity contribution in [1.29, 1.82) is 0 Å². The first-order valence-corrected chi connectivity index (χ1v) is 13.1. The number of ether oxygens (including phenoxy) is 1. The van der Waals surface area contributed by atoms with Gasteiger partial charge in [0.05, 0.1) is 10.9 Å². The Labute approximate surface area is 223 Å². The lowest BCUT2D eigenvalue weighted by Crippen LogP contribution is -2.44. The number of nitrogens with zero attached hydrogens (tertiary/aromatic N) is 3. The molecule has 2 aromatic carbocycles. The number of amides is 2. The highest BCUT2D eigenvalue weighted by Crippen LogP contribution is 2.35. The van der Waals surface area contributed by atoms with Crippen molar-refractivity contribution in [1.82, 2.24) is 20.4 Å². The van der Waals surface area contributed by atoms with Crippen LogP contribution in [-0.4, -0.2) is 60.3 Å². The molecule has 0 saturated carbocycles. The fourth-order valence-electron chi connectivity index (χ4n) is 4.33. The summed E-state index contributed by atoms with van der Waals surface area (Å²) in [7, 11) is 2.12. The van der Waals surface area contributed by atoms with Gasteiger partial charge in [0.25, 0.3) is 5.91 Å². The fraction of sp³-hybridized carbons (Fsp3) is 0.296. The second kappa shape index (κ2) is 10.4. The van der Waals surface area contributed by atoms with Gasteiger partial charge in [0.1, 0.15) is 11.6 Å². The van der Waals surface area contributed by atoms with Gasteiger partial charge in [-0.15, -0.1) is 0 Å². The second-order valence-corrected chi connectivity index (χ2v) is 10.8. The number of fused-ring (bicyclic) bond motifs is 1. The number of halogens is 1. The molecule has 11 heteroatoms. The van der Waals surface area contributed by atoms with Crippen LogP contribution in [0.4, 0.5) is 20.7 Å². The van der Waals surface area contributed by atoms with Gasteiger partial charge in [0.15, 0.2) is 9.89 Å². The molecule has 9 nitrogen and oxygen atoms in total. The Kier molecular flexibility index (Phi) is 7.04. The van der Waals surface area contributed by atoms with Crippen molar-refractivity contribution >= 4 is 45.1 Å². The van der Waals surface area contributed by atoms with E-state index in [1.54, 1.807) is 32.0 Å². The summed E-state index contributed by atoms with van der Waals surface area (Å²) in [6, 6.07) is 15.2. The van der Waals surface area contributed by atoms with Crippen molar-refractivity contribution in [3.8, 4) is 5.06 Å². The monoisotopic (exact) mass is 536 g/mol. The van der Waals surface area contributed by atoms with E-state index in [0.29, 0.717) is 32.2 Å². The minimum atomic E-state index is -0.851. The summed E-state index contributed by atoms with van der Waals surface area (Å²) < 4.78 is 19.1. The van der Waals surface area contributed by atoms with E-state index in [1.807, 2.05) is 24.3 Å². The lowest BCUT2D eigenvalue weighted by molar-refractivity contribution is 0.102. The molecule has 2 amide bonds. The van der Waals surface area contributed by atoms with E-state index >= 15 is 0 Å². The van der Waals surface area contributed by atoms with Gasteiger partial charge in [-0.1, -0.05) is 23.5 Å². The molecule has 5 rings (SSSR count). The molecule has 0 aliphatic carbocycles. The Balaban J connectivity index is 1.22. The fourth-order valence-corrected chi connectivity index (χ4v) is 5.18. The number of piperazine rings is 1. The van der Waals surface area contributed by atoms with Gasteiger partial charge < -0.3 is 25.2 Å². The summed E-state index contributed by atoms with van der Waals surface area (Å²) in [5.41, 5.74) is 1.38. The molecule has 0 spiro atoms. The maximum atomic E-state index is 13.6. The molecule has 0 atom stereocenters. The summed E-state index contributed by atoms with van der Waals surface area (Å²) in [4.78, 5) is 30.6. The summed E-state index contributed by atoms with van der Waals surface area (Å²) in [6.07, 6.45) is -0.682. The van der Waals surface area contributed by atoms with Crippen LogP contribution in [0.1, 0.15) is 29.8 Å². The third-order valence-corrected chi connectivity index (χ3v) is 7.53. The van der Waals surface area contributed by atoms with Crippen molar-refractivity contribution in [3.05, 3.63) is 71.5 Å². The minimum Gasteiger partial charge on any atom is -0.399 e. The summed E-state index contributed by atoms with van der Waals surface area (Å²) in [6.45, 7) is 7.45. The van der Waals surface area contributed by atoms with Gasteiger partial charge in [0.2, 0.25) is 0 Å². The number of thiophene rings is 1. The van der Waals surface area contributed by atoms with Crippen LogP contribution in [0.25, 0.3) is 10.2 Å². The third-order valence-electron chi connectivity index (χ3n) is 6.62. The highest BCUT2D eigenvalue weighted by molar-refractivity contribution is 7.20. The predicted octanol–water partition coefficient (Wildman–Crippen LogP) is 4.79. The molecule has 1 fully saturated rings. The van der Waals surface area contributed by atoms with Gasteiger partial charge in [-0.3, -0.25) is 9.89 Å². The summed E-state index contributed by atoms with van der Waals surface area (Å²) in [5.74, 6) is -0.242. The van der Waals surface area contributed by atoms with Crippen molar-refractivity contribution < 1.29 is 18.7 Å². The number of hydrogen-bond donors (Lipinski definition) is 3. The molecule has 2 aromatic heterocycles. The number of carbonyl (C=O) groups excluding carboxylic acids is 2. The standard InChI is InChI=1S/C27H29FN6O3S/c1-27(2,18-5-4-6-19(28)15-18)30-26(36)37-22-16-21-23(31-32-25(21)38-22)29-24(35)17-7-9-20(10-8-17)34-13-11-33(3)12-14-34/h4-10,15-16H,11-14H2,1-3H3,(H,30,36)(H2,29,31,32,35). The van der Waals surface area contributed by atoms with Gasteiger partial charge >= 0.3 is 6.09 Å². The first kappa shape index (κ1) is 25.7. The topological polar surface area (TPSA) is 103 Å². The molecule has 3 N–H and O–H groups in total. The molecule has 3 heterocycles. The molecule has 1 aliphatic rings. The Morgan fingerprint density at radius 1 is 1.08 bits per heavy atom. The molecule has 1 saturated heterocycles. The minimum absolute atomic E-state index is 0.274. The highest BCUT2D eigenvalue weighted by Gasteiger charge is 2.25. The van der Waals surface area contributed by atoms with Crippen LogP contribution < -0.4 is 20.3 Å². The van der Waals surface area contributed by atoms with Crippen LogP contribution >= 0.6 is 11.3 Å². The number of aromatic nitrogens is 2. The lowest BCUT2D eigenvalue weighted by atomic mass is 9.94. The van der Waals surface area contributed by atoms with Crippen molar-refractivity contribution in [2.75, 3.05) is 43.4 Å². The number of carbonyl (C=O) groups is 2. The quantitative estimate of drug-likeness (QED) is 0.328. The summed E-state index contributed by atoms with van der Waals surface area (Å²) >= 11 is 1.17. The molecule has 198 valence electrons. The first-order chi connectivity index (χ1) is 18.2. The number of benzene rings is 2. The molecule has 4 aromatic rings. The average Bonchev–Trinajstić information content (AvgIpc) is 3.45. The number of anilines is 2. The van der Waals surface area contributed by atoms with E-state index in [9.17, 15) is 14.0 Å². The van der Waals surface area contributed by atoms with E-state index in [2.05, 4.69) is 37.7 Å². The first-order valence-electron chi connectivity index (χ1n) is 12.3. The van der Waals surface area contributed by atoms with Crippen molar-refractivity contribution in [3.63, 3.8) is 0 Å². The second-order valence-electron chi connectivity index (χ2n) is 9.82. The maximum Gasteiger partial charge on any atom is 0.414 e. The number of H-pyrrole nitrogens is 1. The Bertz CT molecular complexity index is 1460. The Morgan fingerprint density at radius 2 is 1.82 bits per heavy atom. The van der Waals surface area contributed by atoms with E-state index in [1.165, 1.54) is 23.5 Å². The van der Waals surface area contributed by atoms with Gasteiger partial charge in [-0.2, -0.15) is 5.10 Å². The predicted molar refractivity (Wildman–Crippen MR) is 147 cm³/mol. The molecule has 38 heavy (non-hydrogen) atoms. The van der Waals surface area contributed by atoms with E-state index in [0.717, 1.165) is 31.9 Å². The molecule has 1 aliphatic heterocycles. The van der Waals surface area contributed by atoms with Crippen molar-refractivity contribution in [2.24, 2.45) is 0 Å². The summed E-state index contributed by atoms with van der Waals surface area (Å²) in [5, 5.41) is 13.6. The van der Waals surface area contributed by atoms with E-state index in [4.69, 9.17) is 4.74 Å². The Hall–Kier alpha value is -3.96. The molecule has 0 bridgehead atoms. The normalized spacial score (nSPS) is 14.5. The Morgan fingerprint density at radius 3 is 2.53 bits per heavy atom. The maximum absolute atomic E-state index is 13.6. The molecule has 0 radical (unpaired) electrons. The lowest BCUT2D eigenvalue weighted by Gasteiger charge is -2.34. The smallest absolute Gasteiger partial charge is 0.399 e. The largest absolute Gasteiger partial charge is 0.414 e. The SMILES string of the molecule is CN1CCN(c2ccc(C(=O)Nc3[nH]nc4sc(OC(=O)NC(C)(C)c5cccc(F)c5)cc34)cc2)CC1. The molecular formula is C27H29FN6O3S. The van der Waals surface area contributed by atoms with Crippen LogP contribution in [-0.2, 0) is 5.54 Å². The number of nitrogens with one attached hydrogen (secondary N) is 3. The zero-order chi connectivity index (χ0) is 26.9. The number of likely N-dealkylation sites (N-methyl/N-ethyl adjacent to an activating group) is 1. The average molecular weight is 537 g/mol. The van der Waals surface area contributed by atoms with Crippen molar-refractivity contribution in [2.45, 2.75) is 19.4 Å². The van der Waals surface area contributed by atoms with E-state index < -0.39 is 11.6 Å². The number of hydrogen-bond acceptors (Lipinski definition) is 7. The van der Waals surface area contributed by atoms with Gasteiger partial charge in [0, 0.05) is 43.5 Å². The third kappa shape index (κ3) is 5.63. The number of aromatic amines is 1. The van der Waals surface area contributed by atoms with Gasteiger partial charge in [-0.05, 0) is 62.9 Å². The number of rotatable bonds is 6. The zero-order valence-corrected chi connectivity index (χ0v) is 22.2. The van der Waals surface area contributed by atoms with Crippen LogP contribution in [0, 0.1) is 5.82 Å². The molecule has 0 unspecified atom stereocenters. The molecular weight excluding hydrogens is 507 g/mol. The van der Waals surface area contributed by atoms with Gasteiger partial charge in [-0.25, -0.2) is 9.18 Å². The zero-order valence-electron chi connectivity index (χ0n) is 21.4.